The molecular formula is C15H17ClN2. The molecule has 2 aromatic carbocycles. The molecule has 2 aromatic rings. The van der Waals surface area contributed by atoms with Crippen molar-refractivity contribution in [1.82, 2.24) is 5.32 Å². The van der Waals surface area contributed by atoms with Crippen molar-refractivity contribution in [2.24, 2.45) is 0 Å². The second-order valence-corrected chi connectivity index (χ2v) is 5.32. The van der Waals surface area contributed by atoms with Crippen molar-refractivity contribution in [2.75, 3.05) is 24.5 Å². The van der Waals surface area contributed by atoms with Gasteiger partial charge < -0.3 is 10.2 Å². The molecule has 0 saturated carbocycles. The van der Waals surface area contributed by atoms with Gasteiger partial charge in [0.15, 0.2) is 0 Å². The molecule has 1 saturated heterocycles. The number of benzene rings is 2. The predicted molar refractivity (Wildman–Crippen MR) is 78.6 cm³/mol. The van der Waals surface area contributed by atoms with Crippen molar-refractivity contribution in [3.63, 3.8) is 0 Å². The van der Waals surface area contributed by atoms with E-state index < -0.39 is 0 Å². The zero-order chi connectivity index (χ0) is 12.5. The second kappa shape index (κ2) is 4.79. The number of nitrogens with zero attached hydrogens (tertiary/aromatic N) is 1. The molecule has 0 aliphatic carbocycles. The van der Waals surface area contributed by atoms with Crippen LogP contribution >= 0.6 is 11.6 Å². The van der Waals surface area contributed by atoms with Crippen LogP contribution in [0, 0.1) is 0 Å². The molecule has 1 fully saturated rings. The van der Waals surface area contributed by atoms with Crippen LogP contribution in [0.3, 0.4) is 0 Å². The van der Waals surface area contributed by atoms with Crippen LogP contribution in [0.1, 0.15) is 6.92 Å². The SMILES string of the molecule is C[C@@H]1CN(c2ccc(Cl)c3ccccc23)CCN1. The Kier molecular flexibility index (Phi) is 3.14. The number of anilines is 1. The highest BCUT2D eigenvalue weighted by molar-refractivity contribution is 6.36. The molecule has 1 N–H and O–H groups in total. The first-order chi connectivity index (χ1) is 8.75. The van der Waals surface area contributed by atoms with Gasteiger partial charge in [0.25, 0.3) is 0 Å². The summed E-state index contributed by atoms with van der Waals surface area (Å²) < 4.78 is 0. The van der Waals surface area contributed by atoms with E-state index in [4.69, 9.17) is 11.6 Å². The molecule has 18 heavy (non-hydrogen) atoms. The summed E-state index contributed by atoms with van der Waals surface area (Å²) in [6, 6.07) is 13.0. The maximum Gasteiger partial charge on any atom is 0.0485 e. The van der Waals surface area contributed by atoms with Crippen LogP contribution in [0.25, 0.3) is 10.8 Å². The van der Waals surface area contributed by atoms with E-state index in [1.54, 1.807) is 0 Å². The molecule has 0 spiro atoms. The van der Waals surface area contributed by atoms with Crippen LogP contribution in [0.4, 0.5) is 5.69 Å². The van der Waals surface area contributed by atoms with Crippen molar-refractivity contribution < 1.29 is 0 Å². The van der Waals surface area contributed by atoms with E-state index in [0.29, 0.717) is 6.04 Å². The maximum atomic E-state index is 6.27. The smallest absolute Gasteiger partial charge is 0.0485 e. The van der Waals surface area contributed by atoms with Crippen molar-refractivity contribution in [3.8, 4) is 0 Å². The van der Waals surface area contributed by atoms with Gasteiger partial charge >= 0.3 is 0 Å². The fourth-order valence-electron chi connectivity index (χ4n) is 2.67. The molecule has 0 amide bonds. The van der Waals surface area contributed by atoms with Gasteiger partial charge in [-0.1, -0.05) is 35.9 Å². The third-order valence-corrected chi connectivity index (χ3v) is 3.89. The lowest BCUT2D eigenvalue weighted by molar-refractivity contribution is 0.485. The Bertz CT molecular complexity index is 567. The normalized spacial score (nSPS) is 20.3. The fraction of sp³-hybridized carbons (Fsp3) is 0.333. The Balaban J connectivity index is 2.09. The molecular weight excluding hydrogens is 244 g/mol. The molecule has 1 aliphatic rings. The molecule has 0 radical (unpaired) electrons. The monoisotopic (exact) mass is 260 g/mol. The summed E-state index contributed by atoms with van der Waals surface area (Å²) in [6.07, 6.45) is 0. The molecule has 3 rings (SSSR count). The quantitative estimate of drug-likeness (QED) is 0.847. The van der Waals surface area contributed by atoms with Crippen LogP contribution in [-0.4, -0.2) is 25.7 Å². The van der Waals surface area contributed by atoms with E-state index in [2.05, 4.69) is 41.4 Å². The Morgan fingerprint density at radius 1 is 1.17 bits per heavy atom. The van der Waals surface area contributed by atoms with E-state index >= 15 is 0 Å². The van der Waals surface area contributed by atoms with Gasteiger partial charge in [0.05, 0.1) is 0 Å². The highest BCUT2D eigenvalue weighted by atomic mass is 35.5. The average Bonchev–Trinajstić information content (AvgIpc) is 2.39. The van der Waals surface area contributed by atoms with E-state index in [0.717, 1.165) is 30.0 Å². The lowest BCUT2D eigenvalue weighted by atomic mass is 10.1. The third-order valence-electron chi connectivity index (χ3n) is 3.56. The van der Waals surface area contributed by atoms with Crippen molar-refractivity contribution in [1.29, 1.82) is 0 Å². The first-order valence-corrected chi connectivity index (χ1v) is 6.79. The molecule has 0 aromatic heterocycles. The summed E-state index contributed by atoms with van der Waals surface area (Å²) in [5, 5.41) is 6.70. The number of fused-ring (bicyclic) bond motifs is 1. The van der Waals surface area contributed by atoms with E-state index in [1.165, 1.54) is 11.1 Å². The highest BCUT2D eigenvalue weighted by Gasteiger charge is 2.17. The van der Waals surface area contributed by atoms with Crippen LogP contribution in [0.5, 0.6) is 0 Å². The van der Waals surface area contributed by atoms with Crippen molar-refractivity contribution >= 4 is 28.1 Å². The average molecular weight is 261 g/mol. The van der Waals surface area contributed by atoms with Gasteiger partial charge in [0.2, 0.25) is 0 Å². The minimum Gasteiger partial charge on any atom is -0.368 e. The Hall–Kier alpha value is -1.25. The topological polar surface area (TPSA) is 15.3 Å². The number of piperazine rings is 1. The predicted octanol–water partition coefficient (Wildman–Crippen LogP) is 3.29. The number of rotatable bonds is 1. The Morgan fingerprint density at radius 3 is 2.72 bits per heavy atom. The molecule has 0 unspecified atom stereocenters. The number of hydrogen-bond donors (Lipinski definition) is 1. The van der Waals surface area contributed by atoms with Crippen molar-refractivity contribution in [3.05, 3.63) is 41.4 Å². The van der Waals surface area contributed by atoms with Gasteiger partial charge in [-0.25, -0.2) is 0 Å². The molecule has 0 bridgehead atoms. The number of hydrogen-bond acceptors (Lipinski definition) is 2. The molecule has 1 aliphatic heterocycles. The van der Waals surface area contributed by atoms with Crippen LogP contribution < -0.4 is 10.2 Å². The lowest BCUT2D eigenvalue weighted by Crippen LogP contribution is -2.49. The van der Waals surface area contributed by atoms with Gasteiger partial charge in [-0.15, -0.1) is 0 Å². The summed E-state index contributed by atoms with van der Waals surface area (Å²) >= 11 is 6.27. The molecule has 2 nitrogen and oxygen atoms in total. The second-order valence-electron chi connectivity index (χ2n) is 4.91. The minimum atomic E-state index is 0.535. The summed E-state index contributed by atoms with van der Waals surface area (Å²) in [5.74, 6) is 0. The van der Waals surface area contributed by atoms with Gasteiger partial charge in [0.1, 0.15) is 0 Å². The molecule has 1 atom stereocenters. The standard InChI is InChI=1S/C15H17ClN2/c1-11-10-18(9-8-17-11)15-7-6-14(16)12-4-2-3-5-13(12)15/h2-7,11,17H,8-10H2,1H3/t11-/m1/s1. The lowest BCUT2D eigenvalue weighted by Gasteiger charge is -2.34. The molecule has 3 heteroatoms. The van der Waals surface area contributed by atoms with Crippen molar-refractivity contribution in [2.45, 2.75) is 13.0 Å². The number of nitrogens with one attached hydrogen (secondary N) is 1. The van der Waals surface area contributed by atoms with Gasteiger partial charge in [-0.2, -0.15) is 0 Å². The van der Waals surface area contributed by atoms with Gasteiger partial charge in [0, 0.05) is 47.2 Å². The maximum absolute atomic E-state index is 6.27. The summed E-state index contributed by atoms with van der Waals surface area (Å²) in [7, 11) is 0. The Labute approximate surface area is 113 Å². The molecule has 1 heterocycles. The van der Waals surface area contributed by atoms with Crippen LogP contribution in [0.15, 0.2) is 36.4 Å². The minimum absolute atomic E-state index is 0.535. The number of halogens is 1. The fourth-order valence-corrected chi connectivity index (χ4v) is 2.90. The first kappa shape index (κ1) is 11.8. The van der Waals surface area contributed by atoms with Gasteiger partial charge in [-0.05, 0) is 19.1 Å². The van der Waals surface area contributed by atoms with E-state index in [1.807, 2.05) is 12.1 Å². The summed E-state index contributed by atoms with van der Waals surface area (Å²) in [5.41, 5.74) is 1.29. The summed E-state index contributed by atoms with van der Waals surface area (Å²) in [6.45, 7) is 5.37. The summed E-state index contributed by atoms with van der Waals surface area (Å²) in [4.78, 5) is 2.44. The first-order valence-electron chi connectivity index (χ1n) is 6.41. The van der Waals surface area contributed by atoms with Gasteiger partial charge in [-0.3, -0.25) is 0 Å². The zero-order valence-electron chi connectivity index (χ0n) is 10.5. The highest BCUT2D eigenvalue weighted by Crippen LogP contribution is 2.32. The van der Waals surface area contributed by atoms with Crippen LogP contribution in [0.2, 0.25) is 5.02 Å². The Morgan fingerprint density at radius 2 is 1.94 bits per heavy atom. The molecule has 94 valence electrons. The van der Waals surface area contributed by atoms with E-state index in [9.17, 15) is 0 Å². The zero-order valence-corrected chi connectivity index (χ0v) is 11.2. The largest absolute Gasteiger partial charge is 0.368 e. The van der Waals surface area contributed by atoms with Crippen LogP contribution in [-0.2, 0) is 0 Å². The third kappa shape index (κ3) is 2.06. The van der Waals surface area contributed by atoms with E-state index in [-0.39, 0.29) is 0 Å².